The van der Waals surface area contributed by atoms with E-state index in [4.69, 9.17) is 10.5 Å². The molecule has 0 bridgehead atoms. The summed E-state index contributed by atoms with van der Waals surface area (Å²) in [5.74, 6) is 0.945. The van der Waals surface area contributed by atoms with Crippen LogP contribution in [0.4, 0.5) is 11.4 Å². The Balaban J connectivity index is 2.02. The Morgan fingerprint density at radius 2 is 2.05 bits per heavy atom. The molecule has 7 heteroatoms. The average molecular weight is 270 g/mol. The van der Waals surface area contributed by atoms with E-state index >= 15 is 0 Å². The van der Waals surface area contributed by atoms with E-state index in [0.29, 0.717) is 28.5 Å². The van der Waals surface area contributed by atoms with Gasteiger partial charge in [0.25, 0.3) is 0 Å². The minimum atomic E-state index is 0.398. The van der Waals surface area contributed by atoms with Gasteiger partial charge in [-0.25, -0.2) is 9.97 Å². The maximum atomic E-state index is 5.94. The summed E-state index contributed by atoms with van der Waals surface area (Å²) >= 11 is 0. The number of rotatable bonds is 3. The molecule has 0 aliphatic rings. The van der Waals surface area contributed by atoms with Crippen LogP contribution in [0.1, 0.15) is 0 Å². The van der Waals surface area contributed by atoms with Crippen LogP contribution in [-0.4, -0.2) is 34.0 Å². The van der Waals surface area contributed by atoms with E-state index in [1.54, 1.807) is 12.4 Å². The molecule has 20 heavy (non-hydrogen) atoms. The maximum absolute atomic E-state index is 5.94. The number of hydrogen-bond donors (Lipinski definition) is 2. The lowest BCUT2D eigenvalue weighted by atomic mass is 10.2. The number of anilines is 2. The van der Waals surface area contributed by atoms with E-state index in [2.05, 4.69) is 19.9 Å². The van der Waals surface area contributed by atoms with Crippen molar-refractivity contribution in [2.75, 3.05) is 24.7 Å². The Hall–Kier alpha value is -2.83. The molecular formula is C13H14N6O. The number of aromatic amines is 1. The van der Waals surface area contributed by atoms with Gasteiger partial charge in [-0.3, -0.25) is 0 Å². The number of nitrogen functional groups attached to an aromatic ring is 1. The molecule has 3 aromatic rings. The zero-order chi connectivity index (χ0) is 14.1. The highest BCUT2D eigenvalue weighted by Crippen LogP contribution is 2.32. The summed E-state index contributed by atoms with van der Waals surface area (Å²) < 4.78 is 5.80. The molecular weight excluding hydrogens is 256 g/mol. The summed E-state index contributed by atoms with van der Waals surface area (Å²) in [6, 6.07) is 5.59. The fourth-order valence-electron chi connectivity index (χ4n) is 1.81. The third-order valence-electron chi connectivity index (χ3n) is 2.91. The standard InChI is InChI=1S/C13H14N6O/c1-19(2)8-3-4-9(14)10(5-8)20-13-11-12(16-6-15-11)17-7-18-13/h3-7H,14H2,1-2H3,(H,15,16,17,18). The summed E-state index contributed by atoms with van der Waals surface area (Å²) in [5.41, 5.74) is 8.67. The van der Waals surface area contributed by atoms with Crippen LogP contribution in [0.5, 0.6) is 11.6 Å². The van der Waals surface area contributed by atoms with E-state index < -0.39 is 0 Å². The molecule has 0 aliphatic carbocycles. The molecule has 0 spiro atoms. The van der Waals surface area contributed by atoms with Crippen LogP contribution < -0.4 is 15.4 Å². The zero-order valence-corrected chi connectivity index (χ0v) is 11.2. The molecule has 0 saturated carbocycles. The lowest BCUT2D eigenvalue weighted by Gasteiger charge is -2.15. The zero-order valence-electron chi connectivity index (χ0n) is 11.2. The highest BCUT2D eigenvalue weighted by molar-refractivity contribution is 5.76. The van der Waals surface area contributed by atoms with Crippen LogP contribution in [-0.2, 0) is 0 Å². The van der Waals surface area contributed by atoms with E-state index in [1.807, 2.05) is 31.1 Å². The van der Waals surface area contributed by atoms with E-state index in [9.17, 15) is 0 Å². The van der Waals surface area contributed by atoms with Gasteiger partial charge in [0.15, 0.2) is 11.4 Å². The van der Waals surface area contributed by atoms with E-state index in [-0.39, 0.29) is 0 Å². The third kappa shape index (κ3) is 2.09. The molecule has 1 aromatic carbocycles. The molecule has 0 unspecified atom stereocenters. The maximum Gasteiger partial charge on any atom is 0.248 e. The summed E-state index contributed by atoms with van der Waals surface area (Å²) in [6.07, 6.45) is 2.95. The normalized spacial score (nSPS) is 10.7. The molecule has 2 aromatic heterocycles. The quantitative estimate of drug-likeness (QED) is 0.705. The fourth-order valence-corrected chi connectivity index (χ4v) is 1.81. The Morgan fingerprint density at radius 1 is 1.20 bits per heavy atom. The number of aromatic nitrogens is 4. The second-order valence-electron chi connectivity index (χ2n) is 4.50. The first-order chi connectivity index (χ1) is 9.65. The molecule has 0 saturated heterocycles. The smallest absolute Gasteiger partial charge is 0.248 e. The van der Waals surface area contributed by atoms with Crippen LogP contribution in [0.2, 0.25) is 0 Å². The highest BCUT2D eigenvalue weighted by Gasteiger charge is 2.11. The van der Waals surface area contributed by atoms with Gasteiger partial charge in [-0.05, 0) is 12.1 Å². The first-order valence-electron chi connectivity index (χ1n) is 6.04. The van der Waals surface area contributed by atoms with Crippen molar-refractivity contribution in [2.45, 2.75) is 0 Å². The van der Waals surface area contributed by atoms with Crippen molar-refractivity contribution in [2.24, 2.45) is 0 Å². The van der Waals surface area contributed by atoms with Crippen LogP contribution in [0.25, 0.3) is 11.2 Å². The molecule has 0 radical (unpaired) electrons. The summed E-state index contributed by atoms with van der Waals surface area (Å²) in [4.78, 5) is 17.1. The van der Waals surface area contributed by atoms with Crippen molar-refractivity contribution in [3.8, 4) is 11.6 Å². The SMILES string of the molecule is CN(C)c1ccc(N)c(Oc2ncnc3nc[nH]c23)c1. The second kappa shape index (κ2) is 4.69. The first-order valence-corrected chi connectivity index (χ1v) is 6.04. The Bertz CT molecular complexity index is 751. The molecule has 7 nitrogen and oxygen atoms in total. The van der Waals surface area contributed by atoms with Gasteiger partial charge in [-0.2, -0.15) is 4.98 Å². The minimum absolute atomic E-state index is 0.398. The van der Waals surface area contributed by atoms with Crippen molar-refractivity contribution >= 4 is 22.5 Å². The Morgan fingerprint density at radius 3 is 2.85 bits per heavy atom. The largest absolute Gasteiger partial charge is 0.435 e. The molecule has 0 atom stereocenters. The van der Waals surface area contributed by atoms with Crippen molar-refractivity contribution in [1.82, 2.24) is 19.9 Å². The number of nitrogens with two attached hydrogens (primary N) is 1. The molecule has 0 fully saturated rings. The van der Waals surface area contributed by atoms with E-state index in [0.717, 1.165) is 5.69 Å². The van der Waals surface area contributed by atoms with Crippen molar-refractivity contribution in [1.29, 1.82) is 0 Å². The predicted molar refractivity (Wildman–Crippen MR) is 76.9 cm³/mol. The fraction of sp³-hybridized carbons (Fsp3) is 0.154. The van der Waals surface area contributed by atoms with Crippen molar-refractivity contribution in [3.05, 3.63) is 30.9 Å². The lowest BCUT2D eigenvalue weighted by Crippen LogP contribution is -2.08. The average Bonchev–Trinajstić information content (AvgIpc) is 2.90. The number of ether oxygens (including phenoxy) is 1. The Labute approximate surface area is 115 Å². The number of hydrogen-bond acceptors (Lipinski definition) is 6. The molecule has 3 rings (SSSR count). The molecule has 2 heterocycles. The monoisotopic (exact) mass is 270 g/mol. The summed E-state index contributed by atoms with van der Waals surface area (Å²) in [7, 11) is 3.90. The topological polar surface area (TPSA) is 92.9 Å². The number of benzene rings is 1. The Kier molecular flexibility index (Phi) is 2.86. The van der Waals surface area contributed by atoms with Gasteiger partial charge in [0.1, 0.15) is 11.8 Å². The number of fused-ring (bicyclic) bond motifs is 1. The van der Waals surface area contributed by atoms with Gasteiger partial charge in [0.05, 0.1) is 12.0 Å². The van der Waals surface area contributed by atoms with Gasteiger partial charge in [-0.15, -0.1) is 0 Å². The van der Waals surface area contributed by atoms with Gasteiger partial charge in [0.2, 0.25) is 5.88 Å². The molecule has 102 valence electrons. The number of imidazole rings is 1. The number of nitrogens with zero attached hydrogens (tertiary/aromatic N) is 4. The van der Waals surface area contributed by atoms with Crippen LogP contribution in [0, 0.1) is 0 Å². The van der Waals surface area contributed by atoms with Gasteiger partial charge < -0.3 is 20.4 Å². The lowest BCUT2D eigenvalue weighted by molar-refractivity contribution is 0.469. The summed E-state index contributed by atoms with van der Waals surface area (Å²) in [5, 5.41) is 0. The van der Waals surface area contributed by atoms with Crippen LogP contribution in [0.15, 0.2) is 30.9 Å². The van der Waals surface area contributed by atoms with Crippen LogP contribution >= 0.6 is 0 Å². The van der Waals surface area contributed by atoms with Crippen LogP contribution in [0.3, 0.4) is 0 Å². The van der Waals surface area contributed by atoms with Gasteiger partial charge in [0, 0.05) is 25.8 Å². The molecule has 0 aliphatic heterocycles. The second-order valence-corrected chi connectivity index (χ2v) is 4.50. The molecule has 3 N–H and O–H groups in total. The third-order valence-corrected chi connectivity index (χ3v) is 2.91. The molecule has 0 amide bonds. The number of H-pyrrole nitrogens is 1. The number of nitrogens with one attached hydrogen (secondary N) is 1. The van der Waals surface area contributed by atoms with Gasteiger partial charge >= 0.3 is 0 Å². The summed E-state index contributed by atoms with van der Waals surface area (Å²) in [6.45, 7) is 0. The predicted octanol–water partition coefficient (Wildman–Crippen LogP) is 1.79. The van der Waals surface area contributed by atoms with Crippen molar-refractivity contribution in [3.63, 3.8) is 0 Å². The first kappa shape index (κ1) is 12.2. The van der Waals surface area contributed by atoms with Gasteiger partial charge in [-0.1, -0.05) is 0 Å². The highest BCUT2D eigenvalue weighted by atomic mass is 16.5. The van der Waals surface area contributed by atoms with E-state index in [1.165, 1.54) is 6.33 Å². The van der Waals surface area contributed by atoms with Crippen molar-refractivity contribution < 1.29 is 4.74 Å². The minimum Gasteiger partial charge on any atom is -0.435 e.